The molecule has 0 heterocycles. The van der Waals surface area contributed by atoms with Crippen LogP contribution in [0.15, 0.2) is 36.5 Å². The van der Waals surface area contributed by atoms with Gasteiger partial charge in [-0.2, -0.15) is 0 Å². The van der Waals surface area contributed by atoms with Crippen LogP contribution >= 0.6 is 0 Å². The summed E-state index contributed by atoms with van der Waals surface area (Å²) in [5, 5.41) is 0. The van der Waals surface area contributed by atoms with Gasteiger partial charge < -0.3 is 10.6 Å². The number of nitrogens with zero attached hydrogens (tertiary/aromatic N) is 1. The molecule has 1 aromatic carbocycles. The Morgan fingerprint density at radius 2 is 2.05 bits per heavy atom. The van der Waals surface area contributed by atoms with Gasteiger partial charge >= 0.3 is 0 Å². The number of hydrogen-bond acceptors (Lipinski definition) is 3. The second-order valence-corrected chi connectivity index (χ2v) is 4.63. The van der Waals surface area contributed by atoms with E-state index in [0.29, 0.717) is 12.0 Å². The molecule has 0 radical (unpaired) electrons. The average Bonchev–Trinajstić information content (AvgIpc) is 2.36. The Morgan fingerprint density at radius 3 is 2.58 bits per heavy atom. The van der Waals surface area contributed by atoms with E-state index in [1.807, 2.05) is 27.1 Å². The standard InChI is InChI=1S/C15H20N2O2/c1-4-13(15(16)19)11-6-5-7-12(10-11)14(18)8-9-17(2)3/h5-10,13H,4H2,1-3H3,(H2,16,19). The lowest BCUT2D eigenvalue weighted by atomic mass is 9.93. The molecule has 19 heavy (non-hydrogen) atoms. The second kappa shape index (κ2) is 6.73. The van der Waals surface area contributed by atoms with Crippen molar-refractivity contribution in [2.45, 2.75) is 19.3 Å². The number of nitrogens with two attached hydrogens (primary N) is 1. The third kappa shape index (κ3) is 4.25. The monoisotopic (exact) mass is 260 g/mol. The lowest BCUT2D eigenvalue weighted by molar-refractivity contribution is -0.119. The molecule has 4 nitrogen and oxygen atoms in total. The molecule has 0 saturated carbocycles. The summed E-state index contributed by atoms with van der Waals surface area (Å²) in [6, 6.07) is 7.07. The van der Waals surface area contributed by atoms with Gasteiger partial charge in [0.2, 0.25) is 5.91 Å². The summed E-state index contributed by atoms with van der Waals surface area (Å²) >= 11 is 0. The molecular weight excluding hydrogens is 240 g/mol. The summed E-state index contributed by atoms with van der Waals surface area (Å²) in [6.45, 7) is 1.90. The molecule has 0 spiro atoms. The zero-order valence-corrected chi connectivity index (χ0v) is 11.6. The summed E-state index contributed by atoms with van der Waals surface area (Å²) in [6.07, 6.45) is 3.82. The third-order valence-corrected chi connectivity index (χ3v) is 2.85. The van der Waals surface area contributed by atoms with Gasteiger partial charge in [0.05, 0.1) is 5.92 Å². The first kappa shape index (κ1) is 15.0. The zero-order valence-electron chi connectivity index (χ0n) is 11.6. The number of hydrogen-bond donors (Lipinski definition) is 1. The summed E-state index contributed by atoms with van der Waals surface area (Å²) in [7, 11) is 3.70. The van der Waals surface area contributed by atoms with E-state index in [0.717, 1.165) is 5.56 Å². The molecule has 1 rings (SSSR count). The van der Waals surface area contributed by atoms with E-state index in [1.165, 1.54) is 6.08 Å². The molecule has 102 valence electrons. The van der Waals surface area contributed by atoms with Crippen LogP contribution in [0.4, 0.5) is 0 Å². The van der Waals surface area contributed by atoms with E-state index in [9.17, 15) is 9.59 Å². The van der Waals surface area contributed by atoms with E-state index < -0.39 is 0 Å². The van der Waals surface area contributed by atoms with Crippen LogP contribution in [0.5, 0.6) is 0 Å². The minimum Gasteiger partial charge on any atom is -0.383 e. The van der Waals surface area contributed by atoms with Crippen LogP contribution in [0.2, 0.25) is 0 Å². The molecule has 1 atom stereocenters. The third-order valence-electron chi connectivity index (χ3n) is 2.85. The SMILES string of the molecule is CCC(C(N)=O)c1cccc(C(=O)C=CN(C)C)c1. The normalized spacial score (nSPS) is 12.4. The van der Waals surface area contributed by atoms with Crippen molar-refractivity contribution in [1.82, 2.24) is 4.90 Å². The van der Waals surface area contributed by atoms with Gasteiger partial charge in [-0.3, -0.25) is 9.59 Å². The van der Waals surface area contributed by atoms with Crippen molar-refractivity contribution >= 4 is 11.7 Å². The molecule has 1 amide bonds. The lowest BCUT2D eigenvalue weighted by Gasteiger charge is -2.12. The Balaban J connectivity index is 3.00. The molecule has 0 fully saturated rings. The van der Waals surface area contributed by atoms with Crippen LogP contribution in [0, 0.1) is 0 Å². The number of benzene rings is 1. The predicted octanol–water partition coefficient (Wildman–Crippen LogP) is 1.92. The van der Waals surface area contributed by atoms with Crippen molar-refractivity contribution in [3.8, 4) is 0 Å². The molecule has 0 aliphatic carbocycles. The number of amides is 1. The first-order valence-electron chi connectivity index (χ1n) is 6.24. The van der Waals surface area contributed by atoms with Crippen LogP contribution in [0.3, 0.4) is 0 Å². The summed E-state index contributed by atoms with van der Waals surface area (Å²) in [4.78, 5) is 25.1. The van der Waals surface area contributed by atoms with Crippen molar-refractivity contribution in [3.05, 3.63) is 47.7 Å². The molecule has 0 saturated heterocycles. The van der Waals surface area contributed by atoms with Gasteiger partial charge in [-0.15, -0.1) is 0 Å². The summed E-state index contributed by atoms with van der Waals surface area (Å²) in [5.41, 5.74) is 6.72. The minimum atomic E-state index is -0.365. The Kier molecular flexibility index (Phi) is 5.30. The quantitative estimate of drug-likeness (QED) is 0.628. The van der Waals surface area contributed by atoms with Crippen LogP contribution in [-0.4, -0.2) is 30.7 Å². The zero-order chi connectivity index (χ0) is 14.4. The van der Waals surface area contributed by atoms with Gasteiger partial charge in [0.15, 0.2) is 5.78 Å². The minimum absolute atomic E-state index is 0.0881. The van der Waals surface area contributed by atoms with E-state index in [4.69, 9.17) is 5.73 Å². The van der Waals surface area contributed by atoms with Gasteiger partial charge in [-0.05, 0) is 18.1 Å². The number of carbonyl (C=O) groups excluding carboxylic acids is 2. The van der Waals surface area contributed by atoms with Crippen molar-refractivity contribution in [3.63, 3.8) is 0 Å². The lowest BCUT2D eigenvalue weighted by Crippen LogP contribution is -2.21. The predicted molar refractivity (Wildman–Crippen MR) is 75.8 cm³/mol. The molecule has 1 aromatic rings. The number of rotatable bonds is 6. The maximum atomic E-state index is 12.0. The molecule has 0 aliphatic heterocycles. The Labute approximate surface area is 113 Å². The fraction of sp³-hybridized carbons (Fsp3) is 0.333. The maximum absolute atomic E-state index is 12.0. The largest absolute Gasteiger partial charge is 0.383 e. The van der Waals surface area contributed by atoms with Gasteiger partial charge in [0.25, 0.3) is 0 Å². The first-order chi connectivity index (χ1) is 8.95. The van der Waals surface area contributed by atoms with Crippen LogP contribution < -0.4 is 5.73 Å². The molecule has 1 unspecified atom stereocenters. The van der Waals surface area contributed by atoms with Crippen molar-refractivity contribution < 1.29 is 9.59 Å². The number of primary amides is 1. The maximum Gasteiger partial charge on any atom is 0.224 e. The van der Waals surface area contributed by atoms with Crippen LogP contribution in [-0.2, 0) is 4.79 Å². The van der Waals surface area contributed by atoms with E-state index in [-0.39, 0.29) is 17.6 Å². The topological polar surface area (TPSA) is 63.4 Å². The summed E-state index contributed by atoms with van der Waals surface area (Å²) in [5.74, 6) is -0.795. The number of carbonyl (C=O) groups is 2. The highest BCUT2D eigenvalue weighted by Crippen LogP contribution is 2.20. The van der Waals surface area contributed by atoms with Crippen LogP contribution in [0.25, 0.3) is 0 Å². The average molecular weight is 260 g/mol. The van der Waals surface area contributed by atoms with Gasteiger partial charge in [0.1, 0.15) is 0 Å². The van der Waals surface area contributed by atoms with Gasteiger partial charge in [-0.1, -0.05) is 25.1 Å². The number of allylic oxidation sites excluding steroid dienone is 1. The van der Waals surface area contributed by atoms with Crippen molar-refractivity contribution in [2.75, 3.05) is 14.1 Å². The van der Waals surface area contributed by atoms with Crippen molar-refractivity contribution in [2.24, 2.45) is 5.73 Å². The van der Waals surface area contributed by atoms with Crippen molar-refractivity contribution in [1.29, 1.82) is 0 Å². The van der Waals surface area contributed by atoms with E-state index in [2.05, 4.69) is 0 Å². The van der Waals surface area contributed by atoms with Crippen LogP contribution in [0.1, 0.15) is 35.2 Å². The fourth-order valence-corrected chi connectivity index (χ4v) is 1.82. The highest BCUT2D eigenvalue weighted by Gasteiger charge is 2.16. The highest BCUT2D eigenvalue weighted by molar-refractivity contribution is 6.04. The summed E-state index contributed by atoms with van der Waals surface area (Å²) < 4.78 is 0. The Hall–Kier alpha value is -2.10. The number of ketones is 1. The Bertz CT molecular complexity index is 493. The molecule has 4 heteroatoms. The Morgan fingerprint density at radius 1 is 1.37 bits per heavy atom. The highest BCUT2D eigenvalue weighted by atomic mass is 16.1. The molecule has 2 N–H and O–H groups in total. The van der Waals surface area contributed by atoms with E-state index >= 15 is 0 Å². The van der Waals surface area contributed by atoms with Gasteiger partial charge in [0, 0.05) is 31.9 Å². The molecule has 0 bridgehead atoms. The van der Waals surface area contributed by atoms with E-state index in [1.54, 1.807) is 29.3 Å². The second-order valence-electron chi connectivity index (χ2n) is 4.63. The fourth-order valence-electron chi connectivity index (χ4n) is 1.82. The van der Waals surface area contributed by atoms with Gasteiger partial charge in [-0.25, -0.2) is 0 Å². The molecule has 0 aromatic heterocycles. The smallest absolute Gasteiger partial charge is 0.224 e. The first-order valence-corrected chi connectivity index (χ1v) is 6.24. The molecular formula is C15H20N2O2. The molecule has 0 aliphatic rings.